The zero-order chi connectivity index (χ0) is 8.15. The quantitative estimate of drug-likeness (QED) is 0.416. The minimum atomic E-state index is -0.248. The van der Waals surface area contributed by atoms with Gasteiger partial charge in [0, 0.05) is 5.92 Å². The van der Waals surface area contributed by atoms with Crippen molar-refractivity contribution in [3.8, 4) is 0 Å². The zero-order valence-corrected chi connectivity index (χ0v) is 6.29. The van der Waals surface area contributed by atoms with Crippen LogP contribution in [0.1, 0.15) is 20.3 Å². The lowest BCUT2D eigenvalue weighted by Gasteiger charge is -2.00. The van der Waals surface area contributed by atoms with E-state index in [1.165, 1.54) is 0 Å². The lowest BCUT2D eigenvalue weighted by atomic mass is 10.1. The summed E-state index contributed by atoms with van der Waals surface area (Å²) in [4.78, 5) is 14.2. The van der Waals surface area contributed by atoms with Crippen molar-refractivity contribution >= 4 is 11.9 Å². The summed E-state index contributed by atoms with van der Waals surface area (Å²) in [5.74, 6) is -0.491. The van der Waals surface area contributed by atoms with Gasteiger partial charge in [0.15, 0.2) is 5.96 Å². The summed E-state index contributed by atoms with van der Waals surface area (Å²) in [7, 11) is 0. The summed E-state index contributed by atoms with van der Waals surface area (Å²) in [5.41, 5.74) is 9.99. The Labute approximate surface area is 60.3 Å². The zero-order valence-electron chi connectivity index (χ0n) is 6.29. The van der Waals surface area contributed by atoms with Gasteiger partial charge in [-0.3, -0.25) is 4.79 Å². The average Bonchev–Trinajstić information content (AvgIpc) is 1.85. The molecule has 0 aromatic carbocycles. The highest BCUT2D eigenvalue weighted by molar-refractivity contribution is 5.92. The first-order valence-corrected chi connectivity index (χ1v) is 3.21. The summed E-state index contributed by atoms with van der Waals surface area (Å²) >= 11 is 0. The normalized spacial score (nSPS) is 12.2. The molecule has 4 N–H and O–H groups in total. The molecule has 1 unspecified atom stereocenters. The SMILES string of the molecule is CCC(C)C(=O)N=C(N)N. The minimum absolute atomic E-state index is 0.0814. The molecule has 0 aromatic heterocycles. The van der Waals surface area contributed by atoms with Gasteiger partial charge in [-0.05, 0) is 6.42 Å². The van der Waals surface area contributed by atoms with Crippen LogP contribution in [0.15, 0.2) is 4.99 Å². The number of guanidine groups is 1. The summed E-state index contributed by atoms with van der Waals surface area (Å²) < 4.78 is 0. The number of nitrogens with zero attached hydrogens (tertiary/aromatic N) is 1. The highest BCUT2D eigenvalue weighted by Gasteiger charge is 2.08. The third kappa shape index (κ3) is 3.06. The predicted molar refractivity (Wildman–Crippen MR) is 40.3 cm³/mol. The van der Waals surface area contributed by atoms with Gasteiger partial charge < -0.3 is 11.5 Å². The van der Waals surface area contributed by atoms with Crippen LogP contribution in [0.3, 0.4) is 0 Å². The number of hydrogen-bond donors (Lipinski definition) is 2. The van der Waals surface area contributed by atoms with Crippen molar-refractivity contribution in [2.75, 3.05) is 0 Å². The van der Waals surface area contributed by atoms with Crippen molar-refractivity contribution in [3.05, 3.63) is 0 Å². The molecule has 0 fully saturated rings. The Morgan fingerprint density at radius 1 is 1.60 bits per heavy atom. The van der Waals surface area contributed by atoms with E-state index in [2.05, 4.69) is 4.99 Å². The molecule has 1 amide bonds. The molecule has 0 aromatic rings. The molecule has 4 heteroatoms. The lowest BCUT2D eigenvalue weighted by Crippen LogP contribution is -2.25. The number of nitrogens with two attached hydrogens (primary N) is 2. The van der Waals surface area contributed by atoms with Crippen LogP contribution in [0.2, 0.25) is 0 Å². The third-order valence-corrected chi connectivity index (χ3v) is 1.27. The second kappa shape index (κ2) is 3.87. The van der Waals surface area contributed by atoms with Crippen LogP contribution in [0, 0.1) is 5.92 Å². The summed E-state index contributed by atoms with van der Waals surface area (Å²) in [6.07, 6.45) is 0.760. The van der Waals surface area contributed by atoms with Crippen LogP contribution in [0.5, 0.6) is 0 Å². The maximum Gasteiger partial charge on any atom is 0.251 e. The molecule has 0 aliphatic rings. The molecule has 0 spiro atoms. The number of carbonyl (C=O) groups excluding carboxylic acids is 1. The molecule has 10 heavy (non-hydrogen) atoms. The maximum atomic E-state index is 10.8. The molecule has 0 aliphatic carbocycles. The Morgan fingerprint density at radius 3 is 2.40 bits per heavy atom. The molecular weight excluding hydrogens is 130 g/mol. The van der Waals surface area contributed by atoms with Crippen LogP contribution in [0.4, 0.5) is 0 Å². The topological polar surface area (TPSA) is 81.5 Å². The van der Waals surface area contributed by atoms with E-state index in [9.17, 15) is 4.79 Å². The molecule has 0 heterocycles. The Hall–Kier alpha value is -1.06. The van der Waals surface area contributed by atoms with Gasteiger partial charge in [0.25, 0.3) is 5.91 Å². The van der Waals surface area contributed by atoms with E-state index in [1.54, 1.807) is 6.92 Å². The number of amides is 1. The van der Waals surface area contributed by atoms with E-state index in [0.717, 1.165) is 6.42 Å². The molecular formula is C6H13N3O. The van der Waals surface area contributed by atoms with E-state index in [1.807, 2.05) is 6.92 Å². The molecule has 0 saturated carbocycles. The molecule has 0 rings (SSSR count). The second-order valence-corrected chi connectivity index (χ2v) is 2.18. The van der Waals surface area contributed by atoms with Gasteiger partial charge in [-0.1, -0.05) is 13.8 Å². The smallest absolute Gasteiger partial charge is 0.251 e. The van der Waals surface area contributed by atoms with Crippen LogP contribution >= 0.6 is 0 Å². The predicted octanol–water partition coefficient (Wildman–Crippen LogP) is -0.167. The van der Waals surface area contributed by atoms with Crippen LogP contribution in [-0.4, -0.2) is 11.9 Å². The third-order valence-electron chi connectivity index (χ3n) is 1.27. The maximum absolute atomic E-state index is 10.8. The Bertz CT molecular complexity index is 149. The van der Waals surface area contributed by atoms with Crippen molar-refractivity contribution in [1.29, 1.82) is 0 Å². The average molecular weight is 143 g/mol. The first kappa shape index (κ1) is 8.94. The number of carbonyl (C=O) groups is 1. The van der Waals surface area contributed by atoms with Crippen molar-refractivity contribution < 1.29 is 4.79 Å². The van der Waals surface area contributed by atoms with Crippen LogP contribution < -0.4 is 11.5 Å². The largest absolute Gasteiger partial charge is 0.370 e. The van der Waals surface area contributed by atoms with E-state index < -0.39 is 0 Å². The lowest BCUT2D eigenvalue weighted by molar-refractivity contribution is -0.121. The van der Waals surface area contributed by atoms with Crippen molar-refractivity contribution in [3.63, 3.8) is 0 Å². The van der Waals surface area contributed by atoms with Gasteiger partial charge in [0.2, 0.25) is 0 Å². The van der Waals surface area contributed by atoms with Gasteiger partial charge in [-0.2, -0.15) is 4.99 Å². The molecule has 0 aliphatic heterocycles. The highest BCUT2D eigenvalue weighted by atomic mass is 16.1. The Morgan fingerprint density at radius 2 is 2.10 bits per heavy atom. The van der Waals surface area contributed by atoms with Crippen molar-refractivity contribution in [2.45, 2.75) is 20.3 Å². The summed E-state index contributed by atoms with van der Waals surface area (Å²) in [6.45, 7) is 3.69. The first-order chi connectivity index (χ1) is 4.57. The van der Waals surface area contributed by atoms with Gasteiger partial charge in [-0.15, -0.1) is 0 Å². The Kier molecular flexibility index (Phi) is 3.46. The molecule has 0 radical (unpaired) electrons. The van der Waals surface area contributed by atoms with Gasteiger partial charge in [0.1, 0.15) is 0 Å². The van der Waals surface area contributed by atoms with Crippen LogP contribution in [-0.2, 0) is 4.79 Å². The fraction of sp³-hybridized carbons (Fsp3) is 0.667. The molecule has 0 saturated heterocycles. The van der Waals surface area contributed by atoms with E-state index in [0.29, 0.717) is 0 Å². The minimum Gasteiger partial charge on any atom is -0.370 e. The molecule has 58 valence electrons. The summed E-state index contributed by atoms with van der Waals surface area (Å²) in [6, 6.07) is 0. The van der Waals surface area contributed by atoms with Gasteiger partial charge >= 0.3 is 0 Å². The van der Waals surface area contributed by atoms with E-state index in [4.69, 9.17) is 11.5 Å². The van der Waals surface area contributed by atoms with Gasteiger partial charge in [0.05, 0.1) is 0 Å². The highest BCUT2D eigenvalue weighted by Crippen LogP contribution is 2.01. The van der Waals surface area contributed by atoms with E-state index >= 15 is 0 Å². The number of aliphatic imine (C=N–C) groups is 1. The van der Waals surface area contributed by atoms with Gasteiger partial charge in [-0.25, -0.2) is 0 Å². The molecule has 1 atom stereocenters. The first-order valence-electron chi connectivity index (χ1n) is 3.21. The molecule has 4 nitrogen and oxygen atoms in total. The Balaban J connectivity index is 3.97. The fourth-order valence-electron chi connectivity index (χ4n) is 0.412. The van der Waals surface area contributed by atoms with E-state index in [-0.39, 0.29) is 17.8 Å². The summed E-state index contributed by atoms with van der Waals surface area (Å²) in [5, 5.41) is 0. The standard InChI is InChI=1S/C6H13N3O/c1-3-4(2)5(10)9-6(7)8/h4H,3H2,1-2H3,(H4,7,8,9,10). The monoisotopic (exact) mass is 143 g/mol. The van der Waals surface area contributed by atoms with Crippen molar-refractivity contribution in [2.24, 2.45) is 22.4 Å². The second-order valence-electron chi connectivity index (χ2n) is 2.18. The number of hydrogen-bond acceptors (Lipinski definition) is 1. The van der Waals surface area contributed by atoms with Crippen molar-refractivity contribution in [1.82, 2.24) is 0 Å². The molecule has 0 bridgehead atoms. The fourth-order valence-corrected chi connectivity index (χ4v) is 0.412. The number of rotatable bonds is 2. The van der Waals surface area contributed by atoms with Crippen LogP contribution in [0.25, 0.3) is 0 Å².